The molecule has 2 rings (SSSR count). The minimum absolute atomic E-state index is 0.244. The van der Waals surface area contributed by atoms with Crippen LogP contribution in [0.3, 0.4) is 0 Å². The molecule has 1 amide bonds. The van der Waals surface area contributed by atoms with Crippen molar-refractivity contribution in [3.63, 3.8) is 0 Å². The van der Waals surface area contributed by atoms with E-state index in [2.05, 4.69) is 0 Å². The molecule has 114 valence electrons. The molecule has 0 bridgehead atoms. The van der Waals surface area contributed by atoms with Crippen LogP contribution in [0, 0.1) is 0 Å². The van der Waals surface area contributed by atoms with Gasteiger partial charge in [-0.3, -0.25) is 10.5 Å². The van der Waals surface area contributed by atoms with Crippen LogP contribution in [0.25, 0.3) is 0 Å². The lowest BCUT2D eigenvalue weighted by atomic mass is 10.0. The molecule has 0 aromatic heterocycles. The molecule has 1 aromatic carbocycles. The Kier molecular flexibility index (Phi) is 4.80. The third-order valence-corrected chi connectivity index (χ3v) is 3.42. The van der Waals surface area contributed by atoms with E-state index >= 15 is 0 Å². The lowest BCUT2D eigenvalue weighted by Crippen LogP contribution is -2.54. The molecule has 1 saturated heterocycles. The van der Waals surface area contributed by atoms with Crippen molar-refractivity contribution in [2.75, 3.05) is 13.1 Å². The minimum Gasteiger partial charge on any atom is -0.445 e. The normalized spacial score (nSPS) is 17.1. The predicted molar refractivity (Wildman–Crippen MR) is 76.1 cm³/mol. The van der Waals surface area contributed by atoms with E-state index in [1.807, 2.05) is 30.3 Å². The number of hydrogen-bond acceptors (Lipinski definition) is 5. The first kappa shape index (κ1) is 15.3. The van der Waals surface area contributed by atoms with Crippen molar-refractivity contribution < 1.29 is 19.1 Å². The number of hydrogen-bond donors (Lipinski definition) is 1. The highest BCUT2D eigenvalue weighted by molar-refractivity contribution is 5.68. The Hall–Kier alpha value is -2.08. The van der Waals surface area contributed by atoms with Crippen LogP contribution < -0.4 is 5.73 Å². The van der Waals surface area contributed by atoms with E-state index in [0.29, 0.717) is 25.9 Å². The van der Waals surface area contributed by atoms with Crippen molar-refractivity contribution in [2.45, 2.75) is 32.1 Å². The largest absolute Gasteiger partial charge is 0.445 e. The number of nitrogens with two attached hydrogens (primary N) is 1. The molecule has 0 atom stereocenters. The van der Waals surface area contributed by atoms with Crippen LogP contribution in [0.15, 0.2) is 30.3 Å². The van der Waals surface area contributed by atoms with E-state index in [9.17, 15) is 9.59 Å². The van der Waals surface area contributed by atoms with Crippen LogP contribution in [-0.4, -0.2) is 35.8 Å². The Balaban J connectivity index is 1.79. The Morgan fingerprint density at radius 2 is 1.86 bits per heavy atom. The molecule has 1 fully saturated rings. The Morgan fingerprint density at radius 3 is 2.43 bits per heavy atom. The molecule has 1 aromatic rings. The highest BCUT2D eigenvalue weighted by atomic mass is 16.6. The highest BCUT2D eigenvalue weighted by Crippen LogP contribution is 2.21. The van der Waals surface area contributed by atoms with E-state index in [1.165, 1.54) is 6.92 Å². The van der Waals surface area contributed by atoms with Gasteiger partial charge in [0.2, 0.25) is 0 Å². The van der Waals surface area contributed by atoms with Crippen molar-refractivity contribution in [1.29, 1.82) is 0 Å². The predicted octanol–water partition coefficient (Wildman–Crippen LogP) is 1.64. The molecule has 1 heterocycles. The smallest absolute Gasteiger partial charge is 0.410 e. The van der Waals surface area contributed by atoms with E-state index in [1.54, 1.807) is 4.90 Å². The molecule has 0 radical (unpaired) electrons. The third-order valence-electron chi connectivity index (χ3n) is 3.42. The van der Waals surface area contributed by atoms with Gasteiger partial charge in [-0.25, -0.2) is 4.79 Å². The average molecular weight is 292 g/mol. The molecule has 0 aliphatic carbocycles. The molecule has 1 aliphatic rings. The number of likely N-dealkylation sites (tertiary alicyclic amines) is 1. The van der Waals surface area contributed by atoms with Crippen molar-refractivity contribution in [3.05, 3.63) is 35.9 Å². The summed E-state index contributed by atoms with van der Waals surface area (Å²) in [5.41, 5.74) is 5.94. The third kappa shape index (κ3) is 4.46. The van der Waals surface area contributed by atoms with Gasteiger partial charge < -0.3 is 14.4 Å². The zero-order valence-electron chi connectivity index (χ0n) is 12.1. The monoisotopic (exact) mass is 292 g/mol. The van der Waals surface area contributed by atoms with E-state index < -0.39 is 11.7 Å². The van der Waals surface area contributed by atoms with Gasteiger partial charge in [0.15, 0.2) is 5.72 Å². The first-order valence-electron chi connectivity index (χ1n) is 6.93. The fourth-order valence-electron chi connectivity index (χ4n) is 2.27. The molecule has 1 aliphatic heterocycles. The van der Waals surface area contributed by atoms with Gasteiger partial charge in [-0.1, -0.05) is 30.3 Å². The summed E-state index contributed by atoms with van der Waals surface area (Å²) < 4.78 is 10.4. The average Bonchev–Trinajstić information content (AvgIpc) is 2.45. The molecule has 0 spiro atoms. The van der Waals surface area contributed by atoms with Gasteiger partial charge >= 0.3 is 12.1 Å². The zero-order valence-corrected chi connectivity index (χ0v) is 12.1. The van der Waals surface area contributed by atoms with Crippen LogP contribution in [0.1, 0.15) is 25.3 Å². The van der Waals surface area contributed by atoms with Gasteiger partial charge in [-0.2, -0.15) is 0 Å². The van der Waals surface area contributed by atoms with E-state index in [4.69, 9.17) is 15.2 Å². The molecular formula is C15H20N2O4. The number of carbonyl (C=O) groups is 2. The number of nitrogens with zero attached hydrogens (tertiary/aromatic N) is 1. The lowest BCUT2D eigenvalue weighted by Gasteiger charge is -2.37. The summed E-state index contributed by atoms with van der Waals surface area (Å²) in [5, 5.41) is 0. The van der Waals surface area contributed by atoms with Gasteiger partial charge in [-0.05, 0) is 5.56 Å². The summed E-state index contributed by atoms with van der Waals surface area (Å²) in [6.07, 6.45) is 0.448. The van der Waals surface area contributed by atoms with Gasteiger partial charge in [0.25, 0.3) is 0 Å². The quantitative estimate of drug-likeness (QED) is 0.676. The fourth-order valence-corrected chi connectivity index (χ4v) is 2.27. The summed E-state index contributed by atoms with van der Waals surface area (Å²) >= 11 is 0. The van der Waals surface area contributed by atoms with Gasteiger partial charge in [0, 0.05) is 32.9 Å². The molecular weight excluding hydrogens is 272 g/mol. The second kappa shape index (κ2) is 6.58. The van der Waals surface area contributed by atoms with Crippen LogP contribution in [0.2, 0.25) is 0 Å². The topological polar surface area (TPSA) is 81.9 Å². The molecule has 6 nitrogen and oxygen atoms in total. The molecule has 0 unspecified atom stereocenters. The number of piperidine rings is 1. The summed E-state index contributed by atoms with van der Waals surface area (Å²) in [6, 6.07) is 9.49. The number of benzene rings is 1. The van der Waals surface area contributed by atoms with E-state index in [0.717, 1.165) is 5.56 Å². The number of ether oxygens (including phenoxy) is 2. The van der Waals surface area contributed by atoms with Crippen LogP contribution in [0.5, 0.6) is 0 Å². The van der Waals surface area contributed by atoms with Crippen molar-refractivity contribution in [3.8, 4) is 0 Å². The number of amides is 1. The van der Waals surface area contributed by atoms with Crippen molar-refractivity contribution in [1.82, 2.24) is 4.90 Å². The first-order chi connectivity index (χ1) is 9.98. The summed E-state index contributed by atoms with van der Waals surface area (Å²) in [6.45, 7) is 2.40. The second-order valence-electron chi connectivity index (χ2n) is 5.19. The maximum absolute atomic E-state index is 12.0. The molecule has 21 heavy (non-hydrogen) atoms. The Bertz CT molecular complexity index is 496. The standard InChI is InChI=1S/C15H20N2O4/c1-12(18)21-15(16)7-9-17(10-8-15)14(19)20-11-13-5-3-2-4-6-13/h2-6H,7-11,16H2,1H3. The molecule has 2 N–H and O–H groups in total. The summed E-state index contributed by atoms with van der Waals surface area (Å²) in [5.74, 6) is -0.405. The van der Waals surface area contributed by atoms with Crippen LogP contribution in [0.4, 0.5) is 4.79 Å². The molecule has 6 heteroatoms. The van der Waals surface area contributed by atoms with Crippen molar-refractivity contribution in [2.24, 2.45) is 5.73 Å². The van der Waals surface area contributed by atoms with Crippen LogP contribution >= 0.6 is 0 Å². The SMILES string of the molecule is CC(=O)OC1(N)CCN(C(=O)OCc2ccccc2)CC1. The summed E-state index contributed by atoms with van der Waals surface area (Å²) in [4.78, 5) is 24.5. The minimum atomic E-state index is -0.970. The van der Waals surface area contributed by atoms with Gasteiger partial charge in [0.1, 0.15) is 6.61 Å². The highest BCUT2D eigenvalue weighted by Gasteiger charge is 2.35. The fraction of sp³-hybridized carbons (Fsp3) is 0.467. The summed E-state index contributed by atoms with van der Waals surface area (Å²) in [7, 11) is 0. The number of carbonyl (C=O) groups excluding carboxylic acids is 2. The second-order valence-corrected chi connectivity index (χ2v) is 5.19. The molecule has 0 saturated carbocycles. The van der Waals surface area contributed by atoms with Gasteiger partial charge in [-0.15, -0.1) is 0 Å². The Morgan fingerprint density at radius 1 is 1.24 bits per heavy atom. The number of rotatable bonds is 3. The maximum Gasteiger partial charge on any atom is 0.410 e. The lowest BCUT2D eigenvalue weighted by molar-refractivity contribution is -0.160. The van der Waals surface area contributed by atoms with Crippen molar-refractivity contribution >= 4 is 12.1 Å². The van der Waals surface area contributed by atoms with Gasteiger partial charge in [0.05, 0.1) is 0 Å². The van der Waals surface area contributed by atoms with Crippen LogP contribution in [-0.2, 0) is 20.9 Å². The van der Waals surface area contributed by atoms with E-state index in [-0.39, 0.29) is 12.7 Å². The first-order valence-corrected chi connectivity index (χ1v) is 6.93. The maximum atomic E-state index is 12.0. The number of esters is 1. The Labute approximate surface area is 123 Å². The zero-order chi connectivity index (χ0) is 15.3.